The second kappa shape index (κ2) is 5.27. The summed E-state index contributed by atoms with van der Waals surface area (Å²) in [7, 11) is 0. The molecule has 3 rings (SSSR count). The molecule has 2 N–H and O–H groups in total. The molecule has 0 aromatic heterocycles. The number of hydrogen-bond acceptors (Lipinski definition) is 2. The van der Waals surface area contributed by atoms with E-state index in [4.69, 9.17) is 11.6 Å². The van der Waals surface area contributed by atoms with E-state index in [1.807, 2.05) is 37.3 Å². The number of fused-ring (bicyclic) bond motifs is 1. The summed E-state index contributed by atoms with van der Waals surface area (Å²) in [6, 6.07) is 11.4. The Labute approximate surface area is 123 Å². The predicted octanol–water partition coefficient (Wildman–Crippen LogP) is 3.50. The van der Waals surface area contributed by atoms with E-state index in [0.717, 1.165) is 18.7 Å². The van der Waals surface area contributed by atoms with E-state index in [2.05, 4.69) is 10.6 Å². The summed E-state index contributed by atoms with van der Waals surface area (Å²) in [5.74, 6) is -0.132. The minimum atomic E-state index is -0.132. The van der Waals surface area contributed by atoms with E-state index in [-0.39, 0.29) is 5.91 Å². The molecule has 1 aliphatic rings. The first-order valence-corrected chi connectivity index (χ1v) is 6.91. The minimum absolute atomic E-state index is 0.132. The van der Waals surface area contributed by atoms with Gasteiger partial charge in [-0.2, -0.15) is 0 Å². The summed E-state index contributed by atoms with van der Waals surface area (Å²) >= 11 is 6.10. The highest BCUT2D eigenvalue weighted by Gasteiger charge is 2.14. The van der Waals surface area contributed by atoms with E-state index in [0.29, 0.717) is 16.3 Å². The lowest BCUT2D eigenvalue weighted by atomic mass is 10.1. The Balaban J connectivity index is 1.84. The highest BCUT2D eigenvalue weighted by Crippen LogP contribution is 2.24. The van der Waals surface area contributed by atoms with Crippen molar-refractivity contribution in [2.24, 2.45) is 0 Å². The van der Waals surface area contributed by atoms with Crippen molar-refractivity contribution in [3.63, 3.8) is 0 Å². The van der Waals surface area contributed by atoms with Crippen LogP contribution < -0.4 is 10.6 Å². The fourth-order valence-electron chi connectivity index (χ4n) is 2.37. The molecule has 2 aromatic carbocycles. The van der Waals surface area contributed by atoms with Crippen LogP contribution in [0.3, 0.4) is 0 Å². The highest BCUT2D eigenvalue weighted by molar-refractivity contribution is 6.34. The first-order chi connectivity index (χ1) is 9.63. The maximum absolute atomic E-state index is 12.3. The molecule has 3 nitrogen and oxygen atoms in total. The highest BCUT2D eigenvalue weighted by atomic mass is 35.5. The van der Waals surface area contributed by atoms with Gasteiger partial charge in [0.15, 0.2) is 0 Å². The topological polar surface area (TPSA) is 41.1 Å². The summed E-state index contributed by atoms with van der Waals surface area (Å²) in [4.78, 5) is 12.3. The predicted molar refractivity (Wildman–Crippen MR) is 81.1 cm³/mol. The van der Waals surface area contributed by atoms with Crippen LogP contribution in [0.5, 0.6) is 0 Å². The molecule has 20 heavy (non-hydrogen) atoms. The van der Waals surface area contributed by atoms with E-state index in [1.165, 1.54) is 11.1 Å². The molecule has 0 saturated carbocycles. The Morgan fingerprint density at radius 2 is 1.95 bits per heavy atom. The first-order valence-electron chi connectivity index (χ1n) is 6.53. The van der Waals surface area contributed by atoms with E-state index >= 15 is 0 Å². The number of halogens is 1. The normalized spacial score (nSPS) is 13.1. The van der Waals surface area contributed by atoms with Crippen LogP contribution in [0.25, 0.3) is 0 Å². The van der Waals surface area contributed by atoms with Crippen LogP contribution in [0.2, 0.25) is 5.02 Å². The number of nitrogens with one attached hydrogen (secondary N) is 2. The molecular formula is C16H15ClN2O. The van der Waals surface area contributed by atoms with E-state index < -0.39 is 0 Å². The number of carbonyl (C=O) groups is 1. The number of rotatable bonds is 2. The molecule has 0 spiro atoms. The molecule has 0 aliphatic carbocycles. The van der Waals surface area contributed by atoms with Crippen LogP contribution in [0, 0.1) is 6.92 Å². The Kier molecular flexibility index (Phi) is 3.47. The Morgan fingerprint density at radius 1 is 1.15 bits per heavy atom. The Morgan fingerprint density at radius 3 is 2.80 bits per heavy atom. The first kappa shape index (κ1) is 13.2. The summed E-state index contributed by atoms with van der Waals surface area (Å²) in [5, 5.41) is 6.68. The molecule has 0 unspecified atom stereocenters. The smallest absolute Gasteiger partial charge is 0.255 e. The van der Waals surface area contributed by atoms with Crippen LogP contribution in [0.15, 0.2) is 36.4 Å². The third-order valence-corrected chi connectivity index (χ3v) is 3.80. The van der Waals surface area contributed by atoms with Gasteiger partial charge in [-0.15, -0.1) is 0 Å². The van der Waals surface area contributed by atoms with Crippen LogP contribution in [-0.4, -0.2) is 5.91 Å². The number of benzene rings is 2. The molecule has 0 bridgehead atoms. The van der Waals surface area contributed by atoms with Crippen molar-refractivity contribution < 1.29 is 4.79 Å². The Hall–Kier alpha value is -1.84. The van der Waals surface area contributed by atoms with Gasteiger partial charge in [0, 0.05) is 18.7 Å². The average Bonchev–Trinajstić information content (AvgIpc) is 2.90. The third kappa shape index (κ3) is 2.55. The molecule has 1 heterocycles. The van der Waals surface area contributed by atoms with E-state index in [1.54, 1.807) is 6.07 Å². The third-order valence-electron chi connectivity index (χ3n) is 3.47. The maximum Gasteiger partial charge on any atom is 0.255 e. The Bertz CT molecular complexity index is 682. The zero-order valence-corrected chi connectivity index (χ0v) is 11.9. The zero-order valence-electron chi connectivity index (χ0n) is 11.2. The van der Waals surface area contributed by atoms with Crippen LogP contribution in [-0.2, 0) is 13.1 Å². The lowest BCUT2D eigenvalue weighted by Gasteiger charge is -2.09. The van der Waals surface area contributed by atoms with Gasteiger partial charge in [-0.05, 0) is 47.9 Å². The van der Waals surface area contributed by atoms with Gasteiger partial charge >= 0.3 is 0 Å². The zero-order chi connectivity index (χ0) is 14.1. The number of carbonyl (C=O) groups excluding carboxylic acids is 1. The second-order valence-corrected chi connectivity index (χ2v) is 5.43. The number of anilines is 1. The summed E-state index contributed by atoms with van der Waals surface area (Å²) in [6.07, 6.45) is 0. The van der Waals surface area contributed by atoms with Crippen molar-refractivity contribution in [2.45, 2.75) is 20.0 Å². The van der Waals surface area contributed by atoms with Gasteiger partial charge in [0.1, 0.15) is 0 Å². The lowest BCUT2D eigenvalue weighted by molar-refractivity contribution is 0.102. The largest absolute Gasteiger partial charge is 0.321 e. The van der Waals surface area contributed by atoms with Crippen LogP contribution >= 0.6 is 11.6 Å². The van der Waals surface area contributed by atoms with Crippen molar-refractivity contribution in [1.82, 2.24) is 5.32 Å². The van der Waals surface area contributed by atoms with Crippen molar-refractivity contribution in [2.75, 3.05) is 5.32 Å². The SMILES string of the molecule is Cc1ccc(Cl)c(NC(=O)c2ccc3c(c2)CNC3)c1. The molecule has 4 heteroatoms. The van der Waals surface area contributed by atoms with Gasteiger partial charge < -0.3 is 10.6 Å². The molecule has 0 saturated heterocycles. The summed E-state index contributed by atoms with van der Waals surface area (Å²) in [6.45, 7) is 3.66. The molecule has 0 atom stereocenters. The molecular weight excluding hydrogens is 272 g/mol. The molecule has 1 aliphatic heterocycles. The quantitative estimate of drug-likeness (QED) is 0.887. The molecule has 0 fully saturated rings. The van der Waals surface area contributed by atoms with E-state index in [9.17, 15) is 4.79 Å². The van der Waals surface area contributed by atoms with Crippen LogP contribution in [0.1, 0.15) is 27.0 Å². The van der Waals surface area contributed by atoms with Crippen molar-refractivity contribution in [3.8, 4) is 0 Å². The molecule has 0 radical (unpaired) electrons. The minimum Gasteiger partial charge on any atom is -0.321 e. The van der Waals surface area contributed by atoms with Gasteiger partial charge in [-0.25, -0.2) is 0 Å². The lowest BCUT2D eigenvalue weighted by Crippen LogP contribution is -2.12. The van der Waals surface area contributed by atoms with Crippen molar-refractivity contribution in [1.29, 1.82) is 0 Å². The molecule has 102 valence electrons. The van der Waals surface area contributed by atoms with Gasteiger partial charge in [0.25, 0.3) is 5.91 Å². The fraction of sp³-hybridized carbons (Fsp3) is 0.188. The van der Waals surface area contributed by atoms with Gasteiger partial charge in [0.2, 0.25) is 0 Å². The van der Waals surface area contributed by atoms with Gasteiger partial charge in [0.05, 0.1) is 10.7 Å². The monoisotopic (exact) mass is 286 g/mol. The van der Waals surface area contributed by atoms with Gasteiger partial charge in [-0.1, -0.05) is 23.7 Å². The summed E-state index contributed by atoms with van der Waals surface area (Å²) in [5.41, 5.74) is 4.81. The second-order valence-electron chi connectivity index (χ2n) is 5.02. The number of amides is 1. The van der Waals surface area contributed by atoms with Crippen molar-refractivity contribution >= 4 is 23.2 Å². The number of hydrogen-bond donors (Lipinski definition) is 2. The maximum atomic E-state index is 12.3. The standard InChI is InChI=1S/C16H15ClN2O/c1-10-2-5-14(17)15(6-10)19-16(20)11-3-4-12-8-18-9-13(12)7-11/h2-7,18H,8-9H2,1H3,(H,19,20). The number of aryl methyl sites for hydroxylation is 1. The molecule has 1 amide bonds. The fourth-order valence-corrected chi connectivity index (χ4v) is 2.53. The molecule has 2 aromatic rings. The van der Waals surface area contributed by atoms with Crippen LogP contribution in [0.4, 0.5) is 5.69 Å². The summed E-state index contributed by atoms with van der Waals surface area (Å²) < 4.78 is 0. The average molecular weight is 287 g/mol. The van der Waals surface area contributed by atoms with Crippen molar-refractivity contribution in [3.05, 3.63) is 63.7 Å². The van der Waals surface area contributed by atoms with Gasteiger partial charge in [-0.3, -0.25) is 4.79 Å².